The monoisotopic (exact) mass is 368 g/mol. The average Bonchev–Trinajstić information content (AvgIpc) is 2.38. The van der Waals surface area contributed by atoms with Gasteiger partial charge < -0.3 is 5.73 Å². The van der Waals surface area contributed by atoms with Crippen molar-refractivity contribution in [2.75, 3.05) is 10.5 Å². The molecule has 0 fully saturated rings. The number of nitrogens with one attached hydrogen (secondary N) is 1. The quantitative estimate of drug-likeness (QED) is 0.809. The highest BCUT2D eigenvalue weighted by Gasteiger charge is 2.13. The Morgan fingerprint density at radius 1 is 1.10 bits per heavy atom. The topological polar surface area (TPSA) is 72.2 Å². The molecule has 3 N–H and O–H groups in total. The molecule has 2 rings (SSSR count). The second-order valence-corrected chi connectivity index (χ2v) is 7.54. The number of rotatable bonds is 4. The van der Waals surface area contributed by atoms with Gasteiger partial charge in [0.05, 0.1) is 5.75 Å². The zero-order valence-electron chi connectivity index (χ0n) is 11.9. The van der Waals surface area contributed by atoms with Crippen molar-refractivity contribution in [3.8, 4) is 0 Å². The smallest absolute Gasteiger partial charge is 0.236 e. The van der Waals surface area contributed by atoms with E-state index in [4.69, 9.17) is 5.73 Å². The Balaban J connectivity index is 2.19. The fourth-order valence-corrected chi connectivity index (χ4v) is 3.46. The van der Waals surface area contributed by atoms with E-state index < -0.39 is 10.0 Å². The first-order valence-electron chi connectivity index (χ1n) is 6.38. The Kier molecular flexibility index (Phi) is 4.58. The Bertz CT molecular complexity index is 733. The summed E-state index contributed by atoms with van der Waals surface area (Å²) >= 11 is 3.46. The molecule has 0 aromatic heterocycles. The van der Waals surface area contributed by atoms with Crippen LogP contribution in [0.25, 0.3) is 0 Å². The van der Waals surface area contributed by atoms with Crippen molar-refractivity contribution in [2.45, 2.75) is 19.6 Å². The molecular formula is C15H17BrN2O2S. The molecular weight excluding hydrogens is 352 g/mol. The van der Waals surface area contributed by atoms with Crippen molar-refractivity contribution in [3.63, 3.8) is 0 Å². The van der Waals surface area contributed by atoms with Crippen LogP contribution in [0.15, 0.2) is 40.9 Å². The van der Waals surface area contributed by atoms with Crippen LogP contribution in [-0.4, -0.2) is 8.42 Å². The van der Waals surface area contributed by atoms with Gasteiger partial charge in [0.25, 0.3) is 0 Å². The minimum atomic E-state index is -3.45. The van der Waals surface area contributed by atoms with E-state index in [-0.39, 0.29) is 5.75 Å². The summed E-state index contributed by atoms with van der Waals surface area (Å²) in [6, 6.07) is 10.4. The SMILES string of the molecule is Cc1cc(NS(=O)(=O)Cc2ccc(N)cc2)cc(C)c1Br. The Morgan fingerprint density at radius 2 is 1.62 bits per heavy atom. The van der Waals surface area contributed by atoms with Crippen LogP contribution in [0, 0.1) is 13.8 Å². The summed E-state index contributed by atoms with van der Waals surface area (Å²) in [6.45, 7) is 3.85. The second kappa shape index (κ2) is 6.07. The molecule has 0 saturated heterocycles. The van der Waals surface area contributed by atoms with E-state index in [1.807, 2.05) is 13.8 Å². The summed E-state index contributed by atoms with van der Waals surface area (Å²) < 4.78 is 28.0. The predicted octanol–water partition coefficient (Wildman–Crippen LogP) is 3.59. The maximum atomic E-state index is 12.2. The van der Waals surface area contributed by atoms with Crippen LogP contribution < -0.4 is 10.5 Å². The Hall–Kier alpha value is -1.53. The van der Waals surface area contributed by atoms with Crippen LogP contribution in [0.2, 0.25) is 0 Å². The van der Waals surface area contributed by atoms with E-state index in [0.29, 0.717) is 16.9 Å². The molecule has 0 heterocycles. The molecule has 6 heteroatoms. The van der Waals surface area contributed by atoms with Gasteiger partial charge in [-0.25, -0.2) is 8.42 Å². The molecule has 4 nitrogen and oxygen atoms in total. The maximum Gasteiger partial charge on any atom is 0.236 e. The van der Waals surface area contributed by atoms with Gasteiger partial charge in [0, 0.05) is 15.8 Å². The van der Waals surface area contributed by atoms with E-state index in [0.717, 1.165) is 15.6 Å². The standard InChI is InChI=1S/C15H17BrN2O2S/c1-10-7-14(8-11(2)15(10)16)18-21(19,20)9-12-3-5-13(17)6-4-12/h3-8,18H,9,17H2,1-2H3. The van der Waals surface area contributed by atoms with Gasteiger partial charge in [-0.15, -0.1) is 0 Å². The van der Waals surface area contributed by atoms with Gasteiger partial charge in [0.1, 0.15) is 0 Å². The number of hydrogen-bond acceptors (Lipinski definition) is 3. The molecule has 0 radical (unpaired) electrons. The number of anilines is 2. The highest BCUT2D eigenvalue weighted by molar-refractivity contribution is 9.10. The van der Waals surface area contributed by atoms with Crippen LogP contribution in [0.5, 0.6) is 0 Å². The van der Waals surface area contributed by atoms with E-state index in [2.05, 4.69) is 20.7 Å². The van der Waals surface area contributed by atoms with E-state index in [1.54, 1.807) is 36.4 Å². The zero-order valence-corrected chi connectivity index (χ0v) is 14.3. The highest BCUT2D eigenvalue weighted by atomic mass is 79.9. The van der Waals surface area contributed by atoms with Gasteiger partial charge in [-0.3, -0.25) is 4.72 Å². The molecule has 21 heavy (non-hydrogen) atoms. The lowest BCUT2D eigenvalue weighted by molar-refractivity contribution is 0.600. The van der Waals surface area contributed by atoms with Crippen LogP contribution in [0.4, 0.5) is 11.4 Å². The number of nitrogen functional groups attached to an aromatic ring is 1. The molecule has 2 aromatic rings. The molecule has 112 valence electrons. The molecule has 2 aromatic carbocycles. The van der Waals surface area contributed by atoms with Crippen LogP contribution in [-0.2, 0) is 15.8 Å². The largest absolute Gasteiger partial charge is 0.399 e. The van der Waals surface area contributed by atoms with Gasteiger partial charge >= 0.3 is 0 Å². The number of aryl methyl sites for hydroxylation is 2. The first kappa shape index (κ1) is 15.9. The van der Waals surface area contributed by atoms with Crippen molar-refractivity contribution in [1.29, 1.82) is 0 Å². The third kappa shape index (κ3) is 4.22. The summed E-state index contributed by atoms with van der Waals surface area (Å²) in [7, 11) is -3.45. The van der Waals surface area contributed by atoms with Crippen molar-refractivity contribution < 1.29 is 8.42 Å². The van der Waals surface area contributed by atoms with Crippen molar-refractivity contribution in [2.24, 2.45) is 0 Å². The number of hydrogen-bond donors (Lipinski definition) is 2. The van der Waals surface area contributed by atoms with Gasteiger partial charge in [-0.2, -0.15) is 0 Å². The zero-order chi connectivity index (χ0) is 15.6. The highest BCUT2D eigenvalue weighted by Crippen LogP contribution is 2.26. The summed E-state index contributed by atoms with van der Waals surface area (Å²) in [5, 5.41) is 0. The van der Waals surface area contributed by atoms with Gasteiger partial charge in [0.2, 0.25) is 10.0 Å². The van der Waals surface area contributed by atoms with Crippen molar-refractivity contribution in [3.05, 3.63) is 57.6 Å². The minimum absolute atomic E-state index is 0.0819. The number of nitrogens with two attached hydrogens (primary N) is 1. The molecule has 0 saturated carbocycles. The van der Waals surface area contributed by atoms with E-state index in [9.17, 15) is 8.42 Å². The Morgan fingerprint density at radius 3 is 2.14 bits per heavy atom. The number of sulfonamides is 1. The average molecular weight is 369 g/mol. The lowest BCUT2D eigenvalue weighted by Crippen LogP contribution is -2.15. The van der Waals surface area contributed by atoms with E-state index >= 15 is 0 Å². The Labute approximate surface area is 133 Å². The normalized spacial score (nSPS) is 11.4. The summed E-state index contributed by atoms with van der Waals surface area (Å²) in [5.41, 5.74) is 9.45. The molecule has 0 spiro atoms. The molecule has 0 aliphatic rings. The van der Waals surface area contributed by atoms with Crippen molar-refractivity contribution in [1.82, 2.24) is 0 Å². The molecule has 0 amide bonds. The van der Waals surface area contributed by atoms with Gasteiger partial charge in [0.15, 0.2) is 0 Å². The van der Waals surface area contributed by atoms with Crippen LogP contribution in [0.3, 0.4) is 0 Å². The van der Waals surface area contributed by atoms with Gasteiger partial charge in [-0.05, 0) is 54.8 Å². The molecule has 0 bridgehead atoms. The minimum Gasteiger partial charge on any atom is -0.399 e. The fraction of sp³-hybridized carbons (Fsp3) is 0.200. The summed E-state index contributed by atoms with van der Waals surface area (Å²) in [5.74, 6) is -0.0819. The lowest BCUT2D eigenvalue weighted by atomic mass is 10.1. The molecule has 0 atom stereocenters. The second-order valence-electron chi connectivity index (χ2n) is 5.03. The number of benzene rings is 2. The van der Waals surface area contributed by atoms with Crippen LogP contribution >= 0.6 is 15.9 Å². The molecule has 0 aliphatic heterocycles. The first-order chi connectivity index (χ1) is 9.77. The van der Waals surface area contributed by atoms with Gasteiger partial charge in [-0.1, -0.05) is 28.1 Å². The lowest BCUT2D eigenvalue weighted by Gasteiger charge is -2.11. The molecule has 0 unspecified atom stereocenters. The summed E-state index contributed by atoms with van der Waals surface area (Å²) in [4.78, 5) is 0. The first-order valence-corrected chi connectivity index (χ1v) is 8.83. The number of halogens is 1. The third-order valence-electron chi connectivity index (χ3n) is 3.05. The van der Waals surface area contributed by atoms with Crippen molar-refractivity contribution >= 4 is 37.3 Å². The van der Waals surface area contributed by atoms with Crippen LogP contribution in [0.1, 0.15) is 16.7 Å². The maximum absolute atomic E-state index is 12.2. The summed E-state index contributed by atoms with van der Waals surface area (Å²) in [6.07, 6.45) is 0. The third-order valence-corrected chi connectivity index (χ3v) is 5.56. The predicted molar refractivity (Wildman–Crippen MR) is 90.7 cm³/mol. The molecule has 0 aliphatic carbocycles. The fourth-order valence-electron chi connectivity index (χ4n) is 2.05. The van der Waals surface area contributed by atoms with E-state index in [1.165, 1.54) is 0 Å².